The molecule has 1 aromatic carbocycles. The summed E-state index contributed by atoms with van der Waals surface area (Å²) in [4.78, 5) is 0. The van der Waals surface area contributed by atoms with Crippen molar-refractivity contribution in [2.45, 2.75) is 51.3 Å². The lowest BCUT2D eigenvalue weighted by molar-refractivity contribution is -0.0781. The van der Waals surface area contributed by atoms with Crippen LogP contribution >= 0.6 is 0 Å². The Kier molecular flexibility index (Phi) is 4.25. The zero-order chi connectivity index (χ0) is 13.0. The molecule has 0 spiro atoms. The van der Waals surface area contributed by atoms with E-state index in [1.54, 1.807) is 12.1 Å². The normalized spacial score (nSPS) is 28.2. The third-order valence-corrected chi connectivity index (χ3v) is 3.87. The van der Waals surface area contributed by atoms with E-state index in [0.29, 0.717) is 11.8 Å². The van der Waals surface area contributed by atoms with Gasteiger partial charge in [0.25, 0.3) is 0 Å². The zero-order valence-electron chi connectivity index (χ0n) is 11.3. The molecule has 1 saturated heterocycles. The van der Waals surface area contributed by atoms with Crippen LogP contribution in [0.2, 0.25) is 0 Å². The summed E-state index contributed by atoms with van der Waals surface area (Å²) in [7, 11) is 0. The molecule has 2 atom stereocenters. The second-order valence-corrected chi connectivity index (χ2v) is 5.39. The molecule has 1 heterocycles. The summed E-state index contributed by atoms with van der Waals surface area (Å²) in [6.07, 6.45) is 3.21. The first kappa shape index (κ1) is 13.4. The Morgan fingerprint density at radius 1 is 1.39 bits per heavy atom. The Hall–Kier alpha value is -1.06. The largest absolute Gasteiger partial charge is 0.508 e. The average Bonchev–Trinajstić information content (AvgIpc) is 2.38. The van der Waals surface area contributed by atoms with Crippen molar-refractivity contribution in [3.63, 3.8) is 0 Å². The molecule has 100 valence electrons. The minimum Gasteiger partial charge on any atom is -0.508 e. The van der Waals surface area contributed by atoms with Crippen molar-refractivity contribution in [1.82, 2.24) is 5.32 Å². The van der Waals surface area contributed by atoms with Crippen molar-refractivity contribution in [2.75, 3.05) is 6.61 Å². The van der Waals surface area contributed by atoms with Crippen molar-refractivity contribution in [3.8, 4) is 5.75 Å². The number of phenolic OH excluding ortho intramolecular Hbond substituents is 1. The Morgan fingerprint density at radius 2 is 2.11 bits per heavy atom. The summed E-state index contributed by atoms with van der Waals surface area (Å²) in [6, 6.07) is 7.91. The van der Waals surface area contributed by atoms with Crippen LogP contribution < -0.4 is 5.32 Å². The molecule has 18 heavy (non-hydrogen) atoms. The van der Waals surface area contributed by atoms with Crippen LogP contribution in [0.1, 0.15) is 38.7 Å². The lowest BCUT2D eigenvalue weighted by Gasteiger charge is -2.38. The van der Waals surface area contributed by atoms with Gasteiger partial charge in [-0.05, 0) is 43.9 Å². The van der Waals surface area contributed by atoms with Gasteiger partial charge in [-0.1, -0.05) is 19.1 Å². The van der Waals surface area contributed by atoms with Crippen LogP contribution in [-0.4, -0.2) is 23.4 Å². The lowest BCUT2D eigenvalue weighted by atomic mass is 9.90. The van der Waals surface area contributed by atoms with E-state index in [4.69, 9.17) is 4.74 Å². The summed E-state index contributed by atoms with van der Waals surface area (Å²) in [5.41, 5.74) is 1.24. The highest BCUT2D eigenvalue weighted by Gasteiger charge is 2.31. The monoisotopic (exact) mass is 249 g/mol. The first-order valence-electron chi connectivity index (χ1n) is 6.76. The maximum Gasteiger partial charge on any atom is 0.115 e. The van der Waals surface area contributed by atoms with Gasteiger partial charge in [-0.25, -0.2) is 0 Å². The molecule has 0 bridgehead atoms. The van der Waals surface area contributed by atoms with E-state index in [1.165, 1.54) is 5.56 Å². The topological polar surface area (TPSA) is 41.5 Å². The van der Waals surface area contributed by atoms with Gasteiger partial charge >= 0.3 is 0 Å². The number of nitrogens with one attached hydrogen (secondary N) is 1. The molecule has 1 aliphatic heterocycles. The maximum atomic E-state index is 9.24. The summed E-state index contributed by atoms with van der Waals surface area (Å²) in [5, 5.41) is 12.8. The molecule has 2 rings (SSSR count). The third-order valence-electron chi connectivity index (χ3n) is 3.87. The van der Waals surface area contributed by atoms with Gasteiger partial charge in [-0.2, -0.15) is 0 Å². The summed E-state index contributed by atoms with van der Waals surface area (Å²) in [5.74, 6) is 0.323. The number of ether oxygens (including phenoxy) is 1. The Balaban J connectivity index is 1.85. The number of benzene rings is 1. The van der Waals surface area contributed by atoms with Crippen LogP contribution in [0.25, 0.3) is 0 Å². The van der Waals surface area contributed by atoms with E-state index >= 15 is 0 Å². The zero-order valence-corrected chi connectivity index (χ0v) is 11.3. The van der Waals surface area contributed by atoms with E-state index in [9.17, 15) is 5.11 Å². The minimum absolute atomic E-state index is 0.0326. The second-order valence-electron chi connectivity index (χ2n) is 5.39. The molecule has 2 unspecified atom stereocenters. The minimum atomic E-state index is 0.0326. The van der Waals surface area contributed by atoms with Gasteiger partial charge < -0.3 is 15.2 Å². The van der Waals surface area contributed by atoms with E-state index < -0.39 is 0 Å². The van der Waals surface area contributed by atoms with Crippen molar-refractivity contribution < 1.29 is 9.84 Å². The quantitative estimate of drug-likeness (QED) is 0.862. The second kappa shape index (κ2) is 5.72. The van der Waals surface area contributed by atoms with E-state index in [2.05, 4.69) is 19.2 Å². The fourth-order valence-corrected chi connectivity index (χ4v) is 2.43. The number of hydrogen-bond acceptors (Lipinski definition) is 3. The van der Waals surface area contributed by atoms with Crippen LogP contribution in [0.3, 0.4) is 0 Å². The number of aromatic hydroxyl groups is 1. The molecular formula is C15H23NO2. The van der Waals surface area contributed by atoms with Crippen LogP contribution in [0, 0.1) is 0 Å². The van der Waals surface area contributed by atoms with Crippen LogP contribution in [0.5, 0.6) is 5.75 Å². The van der Waals surface area contributed by atoms with Gasteiger partial charge in [-0.15, -0.1) is 0 Å². The maximum absolute atomic E-state index is 9.24. The van der Waals surface area contributed by atoms with Crippen LogP contribution in [0.15, 0.2) is 24.3 Å². The molecule has 1 fully saturated rings. The first-order chi connectivity index (χ1) is 8.61. The highest BCUT2D eigenvalue weighted by atomic mass is 16.5. The molecule has 3 heteroatoms. The van der Waals surface area contributed by atoms with Gasteiger partial charge in [-0.3, -0.25) is 0 Å². The van der Waals surface area contributed by atoms with Crippen molar-refractivity contribution in [1.29, 1.82) is 0 Å². The van der Waals surface area contributed by atoms with Gasteiger partial charge in [0.2, 0.25) is 0 Å². The molecule has 2 N–H and O–H groups in total. The Morgan fingerprint density at radius 3 is 2.78 bits per heavy atom. The third kappa shape index (κ3) is 3.47. The summed E-state index contributed by atoms with van der Waals surface area (Å²) in [6.45, 7) is 6.08. The highest BCUT2D eigenvalue weighted by Crippen LogP contribution is 2.27. The van der Waals surface area contributed by atoms with E-state index in [-0.39, 0.29) is 5.60 Å². The molecule has 0 amide bonds. The predicted octanol–water partition coefficient (Wildman–Crippen LogP) is 2.83. The molecule has 0 radical (unpaired) electrons. The SMILES string of the molecule is CCC1(C)CC(NCc2ccc(O)cc2)CCO1. The molecule has 0 saturated carbocycles. The first-order valence-corrected chi connectivity index (χ1v) is 6.76. The van der Waals surface area contributed by atoms with Gasteiger partial charge in [0, 0.05) is 19.2 Å². The van der Waals surface area contributed by atoms with Gasteiger partial charge in [0.05, 0.1) is 5.60 Å². The van der Waals surface area contributed by atoms with Crippen LogP contribution in [0.4, 0.5) is 0 Å². The number of rotatable bonds is 4. The average molecular weight is 249 g/mol. The van der Waals surface area contributed by atoms with Crippen molar-refractivity contribution in [3.05, 3.63) is 29.8 Å². The van der Waals surface area contributed by atoms with Crippen molar-refractivity contribution in [2.24, 2.45) is 0 Å². The molecule has 1 aromatic rings. The molecule has 0 aliphatic carbocycles. The predicted molar refractivity (Wildman–Crippen MR) is 72.6 cm³/mol. The molecule has 0 aromatic heterocycles. The lowest BCUT2D eigenvalue weighted by Crippen LogP contribution is -2.44. The van der Waals surface area contributed by atoms with Crippen molar-refractivity contribution >= 4 is 0 Å². The Labute approximate surface area is 109 Å². The van der Waals surface area contributed by atoms with Gasteiger partial charge in [0.1, 0.15) is 5.75 Å². The standard InChI is InChI=1S/C15H23NO2/c1-3-15(2)10-13(8-9-18-15)16-11-12-4-6-14(17)7-5-12/h4-7,13,16-17H,3,8-11H2,1-2H3. The fourth-order valence-electron chi connectivity index (χ4n) is 2.43. The van der Waals surface area contributed by atoms with Gasteiger partial charge in [0.15, 0.2) is 0 Å². The molecular weight excluding hydrogens is 226 g/mol. The summed E-state index contributed by atoms with van der Waals surface area (Å²) < 4.78 is 5.84. The smallest absolute Gasteiger partial charge is 0.115 e. The van der Waals surface area contributed by atoms with E-state index in [0.717, 1.165) is 32.4 Å². The summed E-state index contributed by atoms with van der Waals surface area (Å²) >= 11 is 0. The Bertz CT molecular complexity index is 377. The molecule has 3 nitrogen and oxygen atoms in total. The number of phenols is 1. The van der Waals surface area contributed by atoms with E-state index in [1.807, 2.05) is 12.1 Å². The van der Waals surface area contributed by atoms with Crippen LogP contribution in [-0.2, 0) is 11.3 Å². The molecule has 1 aliphatic rings. The highest BCUT2D eigenvalue weighted by molar-refractivity contribution is 5.25. The fraction of sp³-hybridized carbons (Fsp3) is 0.600. The number of hydrogen-bond donors (Lipinski definition) is 2.